The quantitative estimate of drug-likeness (QED) is 0.418. The Hall–Kier alpha value is -3.56. The predicted octanol–water partition coefficient (Wildman–Crippen LogP) is 3.72. The Morgan fingerprint density at radius 3 is 2.17 bits per heavy atom. The van der Waals surface area contributed by atoms with Crippen LogP contribution in [0.2, 0.25) is 0 Å². The second-order valence-corrected chi connectivity index (χ2v) is 9.54. The number of amides is 1. The van der Waals surface area contributed by atoms with E-state index in [9.17, 15) is 13.2 Å². The highest BCUT2D eigenvalue weighted by Gasteiger charge is 2.22. The third-order valence-corrected chi connectivity index (χ3v) is 7.00. The normalized spacial score (nSPS) is 12.0. The molecular weight excluding hydrogens is 468 g/mol. The Morgan fingerprint density at radius 2 is 1.51 bits per heavy atom. The monoisotopic (exact) mass is 498 g/mol. The van der Waals surface area contributed by atoms with Gasteiger partial charge in [0.1, 0.15) is 10.6 Å². The van der Waals surface area contributed by atoms with Crippen LogP contribution in [0.15, 0.2) is 71.6 Å². The molecule has 9 heteroatoms. The Morgan fingerprint density at radius 1 is 0.857 bits per heavy atom. The van der Waals surface area contributed by atoms with E-state index in [4.69, 9.17) is 14.2 Å². The van der Waals surface area contributed by atoms with Gasteiger partial charge in [-0.15, -0.1) is 0 Å². The molecule has 0 saturated carbocycles. The van der Waals surface area contributed by atoms with E-state index in [1.54, 1.807) is 19.2 Å². The average Bonchev–Trinajstić information content (AvgIpc) is 2.88. The van der Waals surface area contributed by atoms with Gasteiger partial charge in [0.05, 0.1) is 27.4 Å². The Bertz CT molecular complexity index is 1260. The highest BCUT2D eigenvalue weighted by molar-refractivity contribution is 7.89. The molecule has 0 aromatic heterocycles. The fraction of sp³-hybridized carbons (Fsp3) is 0.269. The summed E-state index contributed by atoms with van der Waals surface area (Å²) >= 11 is 0. The van der Waals surface area contributed by atoms with Crippen molar-refractivity contribution in [3.05, 3.63) is 83.4 Å². The maximum absolute atomic E-state index is 13.0. The van der Waals surface area contributed by atoms with Crippen molar-refractivity contribution in [3.8, 4) is 17.2 Å². The van der Waals surface area contributed by atoms with Gasteiger partial charge in [0.25, 0.3) is 5.91 Å². The second-order valence-electron chi connectivity index (χ2n) is 7.81. The van der Waals surface area contributed by atoms with Crippen LogP contribution in [0, 0.1) is 0 Å². The molecule has 0 unspecified atom stereocenters. The molecule has 0 heterocycles. The second kappa shape index (κ2) is 11.7. The first-order chi connectivity index (χ1) is 16.8. The number of rotatable bonds is 11. The van der Waals surface area contributed by atoms with E-state index < -0.39 is 15.9 Å². The summed E-state index contributed by atoms with van der Waals surface area (Å²) in [4.78, 5) is 12.9. The average molecular weight is 499 g/mol. The van der Waals surface area contributed by atoms with Crippen molar-refractivity contribution >= 4 is 15.9 Å². The van der Waals surface area contributed by atoms with E-state index in [0.717, 1.165) is 11.1 Å². The fourth-order valence-corrected chi connectivity index (χ4v) is 4.79. The number of ether oxygens (including phenoxy) is 3. The minimum Gasteiger partial charge on any atom is -0.495 e. The molecule has 3 aromatic carbocycles. The maximum atomic E-state index is 13.0. The lowest BCUT2D eigenvalue weighted by Crippen LogP contribution is -2.28. The van der Waals surface area contributed by atoms with E-state index in [1.807, 2.05) is 43.3 Å². The van der Waals surface area contributed by atoms with Gasteiger partial charge < -0.3 is 19.5 Å². The zero-order valence-electron chi connectivity index (χ0n) is 20.2. The van der Waals surface area contributed by atoms with E-state index in [2.05, 4.69) is 10.0 Å². The molecule has 0 aliphatic heterocycles. The lowest BCUT2D eigenvalue weighted by molar-refractivity contribution is 0.0939. The molecule has 186 valence electrons. The van der Waals surface area contributed by atoms with Gasteiger partial charge in [0, 0.05) is 12.1 Å². The lowest BCUT2D eigenvalue weighted by Gasteiger charge is -2.17. The third kappa shape index (κ3) is 6.52. The van der Waals surface area contributed by atoms with Crippen molar-refractivity contribution in [1.82, 2.24) is 10.0 Å². The smallest absolute Gasteiger partial charge is 0.251 e. The number of carbonyl (C=O) groups is 1. The number of nitrogens with one attached hydrogen (secondary N) is 2. The van der Waals surface area contributed by atoms with Gasteiger partial charge >= 0.3 is 0 Å². The molecule has 1 atom stereocenters. The number of hydrogen-bond acceptors (Lipinski definition) is 6. The van der Waals surface area contributed by atoms with Crippen LogP contribution >= 0.6 is 0 Å². The Kier molecular flexibility index (Phi) is 8.73. The van der Waals surface area contributed by atoms with Gasteiger partial charge in [-0.1, -0.05) is 36.4 Å². The molecule has 2 N–H and O–H groups in total. The Balaban J connectivity index is 1.76. The summed E-state index contributed by atoms with van der Waals surface area (Å²) in [5.41, 5.74) is 2.01. The van der Waals surface area contributed by atoms with Crippen LogP contribution in [0.3, 0.4) is 0 Å². The third-order valence-electron chi connectivity index (χ3n) is 5.52. The molecule has 0 saturated heterocycles. The lowest BCUT2D eigenvalue weighted by atomic mass is 10.1. The molecule has 0 aliphatic rings. The van der Waals surface area contributed by atoms with Gasteiger partial charge in [0.15, 0.2) is 11.5 Å². The van der Waals surface area contributed by atoms with Gasteiger partial charge in [-0.05, 0) is 54.8 Å². The SMILES string of the molecule is COc1ccc([C@@H](C)NC(=O)c2ccc(OC)c(S(=O)(=O)NCCc3ccccc3)c2)cc1OC. The van der Waals surface area contributed by atoms with Crippen LogP contribution in [0.1, 0.15) is 34.5 Å². The van der Waals surface area contributed by atoms with Crippen molar-refractivity contribution < 1.29 is 27.4 Å². The summed E-state index contributed by atoms with van der Waals surface area (Å²) in [6.45, 7) is 2.04. The number of methoxy groups -OCH3 is 3. The van der Waals surface area contributed by atoms with E-state index >= 15 is 0 Å². The topological polar surface area (TPSA) is 103 Å². The van der Waals surface area contributed by atoms with Crippen molar-refractivity contribution in [3.63, 3.8) is 0 Å². The minimum atomic E-state index is -3.91. The molecular formula is C26H30N2O6S. The minimum absolute atomic E-state index is 0.0977. The molecule has 1 amide bonds. The molecule has 0 aliphatic carbocycles. The summed E-state index contributed by atoms with van der Waals surface area (Å²) in [6, 6.07) is 18.9. The van der Waals surface area contributed by atoms with Crippen LogP contribution < -0.4 is 24.2 Å². The van der Waals surface area contributed by atoms with Crippen LogP contribution in [-0.2, 0) is 16.4 Å². The molecule has 3 aromatic rings. The number of sulfonamides is 1. The predicted molar refractivity (Wildman–Crippen MR) is 134 cm³/mol. The molecule has 3 rings (SSSR count). The first-order valence-electron chi connectivity index (χ1n) is 11.0. The summed E-state index contributed by atoms with van der Waals surface area (Å²) in [7, 11) is 0.564. The highest BCUT2D eigenvalue weighted by atomic mass is 32.2. The van der Waals surface area contributed by atoms with Crippen LogP contribution in [0.25, 0.3) is 0 Å². The number of carbonyl (C=O) groups excluding carboxylic acids is 1. The summed E-state index contributed by atoms with van der Waals surface area (Å²) < 4.78 is 44.4. The van der Waals surface area contributed by atoms with E-state index in [1.165, 1.54) is 32.4 Å². The van der Waals surface area contributed by atoms with Gasteiger partial charge in [0.2, 0.25) is 10.0 Å². The van der Waals surface area contributed by atoms with Gasteiger partial charge in [-0.25, -0.2) is 13.1 Å². The van der Waals surface area contributed by atoms with Crippen molar-refractivity contribution in [2.75, 3.05) is 27.9 Å². The maximum Gasteiger partial charge on any atom is 0.251 e. The van der Waals surface area contributed by atoms with Gasteiger partial charge in [-0.2, -0.15) is 0 Å². The van der Waals surface area contributed by atoms with Crippen LogP contribution in [0.4, 0.5) is 0 Å². The standard InChI is InChI=1S/C26H30N2O6S/c1-18(20-10-12-22(32-2)24(16-20)34-4)28-26(29)21-11-13-23(33-3)25(17-21)35(30,31)27-15-14-19-8-6-5-7-9-19/h5-13,16-18,27H,14-15H2,1-4H3,(H,28,29)/t18-/m1/s1. The fourth-order valence-electron chi connectivity index (χ4n) is 3.57. The Labute approximate surface area is 206 Å². The molecule has 0 radical (unpaired) electrons. The summed E-state index contributed by atoms with van der Waals surface area (Å²) in [6.07, 6.45) is 0.533. The van der Waals surface area contributed by atoms with Crippen molar-refractivity contribution in [2.45, 2.75) is 24.3 Å². The van der Waals surface area contributed by atoms with E-state index in [0.29, 0.717) is 17.9 Å². The molecule has 8 nitrogen and oxygen atoms in total. The number of hydrogen-bond donors (Lipinski definition) is 2. The number of benzene rings is 3. The molecule has 35 heavy (non-hydrogen) atoms. The summed E-state index contributed by atoms with van der Waals surface area (Å²) in [5, 5.41) is 2.89. The van der Waals surface area contributed by atoms with Crippen LogP contribution in [0.5, 0.6) is 17.2 Å². The van der Waals surface area contributed by atoms with Gasteiger partial charge in [-0.3, -0.25) is 4.79 Å². The zero-order chi connectivity index (χ0) is 25.4. The molecule has 0 bridgehead atoms. The van der Waals surface area contributed by atoms with Crippen LogP contribution in [-0.4, -0.2) is 42.2 Å². The largest absolute Gasteiger partial charge is 0.495 e. The van der Waals surface area contributed by atoms with Crippen molar-refractivity contribution in [2.24, 2.45) is 0 Å². The zero-order valence-corrected chi connectivity index (χ0v) is 21.0. The molecule has 0 fully saturated rings. The highest BCUT2D eigenvalue weighted by Crippen LogP contribution is 2.30. The first-order valence-corrected chi connectivity index (χ1v) is 12.5. The summed E-state index contributed by atoms with van der Waals surface area (Å²) in [5.74, 6) is 0.863. The molecule has 0 spiro atoms. The van der Waals surface area contributed by atoms with E-state index in [-0.39, 0.29) is 28.8 Å². The van der Waals surface area contributed by atoms with Crippen molar-refractivity contribution in [1.29, 1.82) is 0 Å². The first kappa shape index (κ1) is 26.1.